The van der Waals surface area contributed by atoms with E-state index in [2.05, 4.69) is 38.3 Å². The van der Waals surface area contributed by atoms with Gasteiger partial charge in [-0.1, -0.05) is 33.1 Å². The van der Waals surface area contributed by atoms with Crippen LogP contribution in [0.5, 0.6) is 0 Å². The lowest BCUT2D eigenvalue weighted by Crippen LogP contribution is -2.62. The zero-order chi connectivity index (χ0) is 12.2. The fraction of sp³-hybridized carbons (Fsp3) is 1.00. The Hall–Kier alpha value is -0.120. The number of likely N-dealkylation sites (N-methyl/N-ethyl adjacent to an activating group) is 1. The summed E-state index contributed by atoms with van der Waals surface area (Å²) < 4.78 is 0. The van der Waals surface area contributed by atoms with Crippen LogP contribution in [0.3, 0.4) is 0 Å². The average molecular weight is 227 g/mol. The first-order valence-corrected chi connectivity index (χ1v) is 6.70. The molecule has 0 amide bonds. The smallest absolute Gasteiger partial charge is 0.0394 e. The summed E-state index contributed by atoms with van der Waals surface area (Å²) in [7, 11) is 4.41. The molecule has 3 heteroatoms. The fourth-order valence-corrected chi connectivity index (χ4v) is 3.39. The third-order valence-electron chi connectivity index (χ3n) is 4.33. The van der Waals surface area contributed by atoms with E-state index in [1.807, 2.05) is 0 Å². The zero-order valence-electron chi connectivity index (χ0n) is 11.4. The van der Waals surface area contributed by atoms with Gasteiger partial charge < -0.3 is 4.90 Å². The van der Waals surface area contributed by atoms with Crippen molar-refractivity contribution in [3.8, 4) is 0 Å². The molecule has 0 aromatic rings. The van der Waals surface area contributed by atoms with Crippen molar-refractivity contribution < 1.29 is 0 Å². The number of hydrogen-bond donors (Lipinski definition) is 2. The van der Waals surface area contributed by atoms with Crippen molar-refractivity contribution in [2.24, 2.45) is 11.8 Å². The fourth-order valence-electron chi connectivity index (χ4n) is 3.39. The maximum atomic E-state index is 5.78. The van der Waals surface area contributed by atoms with Crippen LogP contribution in [-0.2, 0) is 0 Å². The number of nitrogens with one attached hydrogen (secondary N) is 1. The molecule has 1 fully saturated rings. The second-order valence-corrected chi connectivity index (χ2v) is 5.71. The molecule has 96 valence electrons. The summed E-state index contributed by atoms with van der Waals surface area (Å²) in [5, 5.41) is 0. The zero-order valence-corrected chi connectivity index (χ0v) is 11.4. The molecule has 1 aliphatic rings. The van der Waals surface area contributed by atoms with Gasteiger partial charge in [-0.05, 0) is 39.3 Å². The highest BCUT2D eigenvalue weighted by atomic mass is 15.3. The Balaban J connectivity index is 2.84. The maximum Gasteiger partial charge on any atom is 0.0394 e. The Kier molecular flexibility index (Phi) is 5.22. The Bertz CT molecular complexity index is 205. The van der Waals surface area contributed by atoms with Crippen LogP contribution in [0.25, 0.3) is 0 Å². The van der Waals surface area contributed by atoms with Crippen LogP contribution in [0.15, 0.2) is 0 Å². The van der Waals surface area contributed by atoms with Crippen molar-refractivity contribution in [2.75, 3.05) is 14.1 Å². The SMILES string of the molecule is CCCC(NN)C1(N(C)C)CCCC(C)C1. The molecule has 0 bridgehead atoms. The molecular weight excluding hydrogens is 198 g/mol. The average Bonchev–Trinajstić information content (AvgIpc) is 2.25. The molecule has 0 aliphatic heterocycles. The minimum Gasteiger partial charge on any atom is -0.302 e. The van der Waals surface area contributed by atoms with Gasteiger partial charge in [0.1, 0.15) is 0 Å². The molecule has 0 saturated heterocycles. The molecule has 1 saturated carbocycles. The van der Waals surface area contributed by atoms with E-state index in [4.69, 9.17) is 5.84 Å². The first-order chi connectivity index (χ1) is 7.56. The van der Waals surface area contributed by atoms with Crippen LogP contribution in [0.4, 0.5) is 0 Å². The van der Waals surface area contributed by atoms with Gasteiger partial charge in [-0.15, -0.1) is 0 Å². The van der Waals surface area contributed by atoms with E-state index >= 15 is 0 Å². The third kappa shape index (κ3) is 2.76. The first kappa shape index (κ1) is 13.9. The number of nitrogens with two attached hydrogens (primary N) is 1. The van der Waals surface area contributed by atoms with Gasteiger partial charge >= 0.3 is 0 Å². The van der Waals surface area contributed by atoms with Gasteiger partial charge in [0.25, 0.3) is 0 Å². The maximum absolute atomic E-state index is 5.78. The minimum atomic E-state index is 0.266. The summed E-state index contributed by atoms with van der Waals surface area (Å²) in [6.45, 7) is 4.61. The number of hydrazine groups is 1. The highest BCUT2D eigenvalue weighted by molar-refractivity contribution is 5.00. The molecule has 3 N–H and O–H groups in total. The Morgan fingerprint density at radius 1 is 1.50 bits per heavy atom. The quantitative estimate of drug-likeness (QED) is 0.558. The lowest BCUT2D eigenvalue weighted by atomic mass is 9.70. The molecule has 0 radical (unpaired) electrons. The van der Waals surface area contributed by atoms with Gasteiger partial charge in [-0.2, -0.15) is 0 Å². The van der Waals surface area contributed by atoms with Crippen LogP contribution >= 0.6 is 0 Å². The predicted molar refractivity (Wildman–Crippen MR) is 70.1 cm³/mol. The van der Waals surface area contributed by atoms with Crippen LogP contribution in [0.1, 0.15) is 52.4 Å². The van der Waals surface area contributed by atoms with Crippen molar-refractivity contribution in [3.05, 3.63) is 0 Å². The van der Waals surface area contributed by atoms with E-state index in [1.54, 1.807) is 0 Å². The van der Waals surface area contributed by atoms with Crippen LogP contribution in [0.2, 0.25) is 0 Å². The topological polar surface area (TPSA) is 41.3 Å². The highest BCUT2D eigenvalue weighted by Crippen LogP contribution is 2.39. The Labute approximate surface area is 101 Å². The van der Waals surface area contributed by atoms with Gasteiger partial charge in [-0.25, -0.2) is 0 Å². The second kappa shape index (κ2) is 5.99. The van der Waals surface area contributed by atoms with E-state index in [0.717, 1.165) is 5.92 Å². The van der Waals surface area contributed by atoms with Crippen LogP contribution in [-0.4, -0.2) is 30.6 Å². The van der Waals surface area contributed by atoms with E-state index in [9.17, 15) is 0 Å². The van der Waals surface area contributed by atoms with Gasteiger partial charge in [-0.3, -0.25) is 11.3 Å². The molecule has 1 aliphatic carbocycles. The number of rotatable bonds is 5. The highest BCUT2D eigenvalue weighted by Gasteiger charge is 2.42. The summed E-state index contributed by atoms with van der Waals surface area (Å²) in [5.41, 5.74) is 3.34. The number of hydrogen-bond acceptors (Lipinski definition) is 3. The summed E-state index contributed by atoms with van der Waals surface area (Å²) >= 11 is 0. The monoisotopic (exact) mass is 227 g/mol. The lowest BCUT2D eigenvalue weighted by Gasteiger charge is -2.50. The van der Waals surface area contributed by atoms with Gasteiger partial charge in [0.15, 0.2) is 0 Å². The molecule has 3 unspecified atom stereocenters. The van der Waals surface area contributed by atoms with Crippen molar-refractivity contribution >= 4 is 0 Å². The molecule has 0 aromatic heterocycles. The van der Waals surface area contributed by atoms with E-state index in [0.29, 0.717) is 6.04 Å². The van der Waals surface area contributed by atoms with Crippen molar-refractivity contribution in [1.29, 1.82) is 0 Å². The molecule has 16 heavy (non-hydrogen) atoms. The molecule has 0 aromatic carbocycles. The lowest BCUT2D eigenvalue weighted by molar-refractivity contribution is 0.0340. The molecule has 3 nitrogen and oxygen atoms in total. The first-order valence-electron chi connectivity index (χ1n) is 6.70. The summed E-state index contributed by atoms with van der Waals surface area (Å²) in [5.74, 6) is 6.60. The van der Waals surface area contributed by atoms with Gasteiger partial charge in [0.05, 0.1) is 0 Å². The predicted octanol–water partition coefficient (Wildman–Crippen LogP) is 2.13. The Morgan fingerprint density at radius 3 is 2.62 bits per heavy atom. The van der Waals surface area contributed by atoms with E-state index in [-0.39, 0.29) is 5.54 Å². The Morgan fingerprint density at radius 2 is 2.19 bits per heavy atom. The summed E-state index contributed by atoms with van der Waals surface area (Å²) in [4.78, 5) is 2.41. The number of nitrogens with zero attached hydrogens (tertiary/aromatic N) is 1. The van der Waals surface area contributed by atoms with E-state index < -0.39 is 0 Å². The standard InChI is InChI=1S/C13H29N3/c1-5-7-12(15-14)13(16(3)4)9-6-8-11(2)10-13/h11-12,15H,5-10,14H2,1-4H3. The van der Waals surface area contributed by atoms with E-state index in [1.165, 1.54) is 38.5 Å². The third-order valence-corrected chi connectivity index (χ3v) is 4.33. The molecule has 0 heterocycles. The minimum absolute atomic E-state index is 0.266. The molecule has 3 atom stereocenters. The van der Waals surface area contributed by atoms with Crippen molar-refractivity contribution in [2.45, 2.75) is 64.0 Å². The largest absolute Gasteiger partial charge is 0.302 e. The van der Waals surface area contributed by atoms with Crippen LogP contribution < -0.4 is 11.3 Å². The van der Waals surface area contributed by atoms with Crippen molar-refractivity contribution in [1.82, 2.24) is 10.3 Å². The summed E-state index contributed by atoms with van der Waals surface area (Å²) in [6, 6.07) is 0.426. The van der Waals surface area contributed by atoms with Crippen molar-refractivity contribution in [3.63, 3.8) is 0 Å². The molecule has 1 rings (SSSR count). The molecular formula is C13H29N3. The van der Waals surface area contributed by atoms with Gasteiger partial charge in [0, 0.05) is 11.6 Å². The van der Waals surface area contributed by atoms with Gasteiger partial charge in [0.2, 0.25) is 0 Å². The summed E-state index contributed by atoms with van der Waals surface area (Å²) in [6.07, 6.45) is 7.62. The molecule has 0 spiro atoms. The normalized spacial score (nSPS) is 33.0. The van der Waals surface area contributed by atoms with Crippen LogP contribution in [0, 0.1) is 5.92 Å². The second-order valence-electron chi connectivity index (χ2n) is 5.71.